The van der Waals surface area contributed by atoms with Gasteiger partial charge in [-0.25, -0.2) is 4.99 Å². The van der Waals surface area contributed by atoms with Crippen molar-refractivity contribution >= 4 is 51.9 Å². The van der Waals surface area contributed by atoms with Crippen molar-refractivity contribution in [2.24, 2.45) is 4.99 Å². The Kier molecular flexibility index (Phi) is 26.0. The molecular formula is C77H58BF24IrNO3P-. The number of benzene rings is 9. The van der Waals surface area contributed by atoms with E-state index >= 15 is 4.57 Å². The molecule has 0 saturated heterocycles. The van der Waals surface area contributed by atoms with Crippen molar-refractivity contribution in [3.05, 3.63) is 310 Å². The van der Waals surface area contributed by atoms with Crippen molar-refractivity contribution in [1.29, 1.82) is 0 Å². The molecule has 575 valence electrons. The third-order valence-corrected chi connectivity index (χ3v) is 20.1. The summed E-state index contributed by atoms with van der Waals surface area (Å²) >= 11 is 0. The topological polar surface area (TPSA) is 47.9 Å². The normalized spacial score (nSPS) is 16.2. The summed E-state index contributed by atoms with van der Waals surface area (Å²) in [5, 5.41) is 1.31. The minimum Gasteiger partial charge on any atom is -0.472 e. The second-order valence-electron chi connectivity index (χ2n) is 25.1. The Morgan fingerprint density at radius 3 is 0.833 bits per heavy atom. The molecule has 108 heavy (non-hydrogen) atoms. The Balaban J connectivity index is 0.000000252. The molecule has 0 spiro atoms. The molecular weight excluding hydrogens is 1680 g/mol. The van der Waals surface area contributed by atoms with Crippen molar-refractivity contribution in [2.45, 2.75) is 113 Å². The monoisotopic (exact) mass is 1740 g/mol. The summed E-state index contributed by atoms with van der Waals surface area (Å²) in [5.74, 6) is 0.580. The average Bonchev–Trinajstić information content (AvgIpc) is 0.802. The summed E-state index contributed by atoms with van der Waals surface area (Å²) in [6.07, 6.45) is -40.1. The van der Waals surface area contributed by atoms with Crippen LogP contribution in [0.25, 0.3) is 0 Å². The van der Waals surface area contributed by atoms with Crippen LogP contribution in [-0.4, -0.2) is 29.8 Å². The van der Waals surface area contributed by atoms with Gasteiger partial charge in [-0.1, -0.05) is 188 Å². The van der Waals surface area contributed by atoms with Gasteiger partial charge in [-0.05, 0) is 104 Å². The molecule has 0 N–H and O–H groups in total. The number of hydrogen-bond acceptors (Lipinski definition) is 4. The first-order valence-electron chi connectivity index (χ1n) is 32.3. The van der Waals surface area contributed by atoms with E-state index in [1.807, 2.05) is 134 Å². The van der Waals surface area contributed by atoms with Crippen molar-refractivity contribution in [3.63, 3.8) is 0 Å². The second kappa shape index (κ2) is 33.2. The van der Waals surface area contributed by atoms with E-state index in [0.29, 0.717) is 29.3 Å². The molecule has 0 saturated carbocycles. The van der Waals surface area contributed by atoms with Gasteiger partial charge in [0.15, 0.2) is 0 Å². The quantitative estimate of drug-likeness (QED) is 0.0472. The van der Waals surface area contributed by atoms with E-state index in [9.17, 15) is 105 Å². The van der Waals surface area contributed by atoms with E-state index in [4.69, 9.17) is 14.3 Å². The number of rotatable bonds is 14. The van der Waals surface area contributed by atoms with Gasteiger partial charge in [0.05, 0.1) is 44.5 Å². The van der Waals surface area contributed by atoms with Crippen LogP contribution in [-0.2, 0) is 96.2 Å². The zero-order valence-corrected chi connectivity index (χ0v) is 59.0. The number of hydrogen-bond donors (Lipinski definition) is 0. The minimum absolute atomic E-state index is 0. The fraction of sp³-hybridized carbons (Fsp3) is 0.234. The molecule has 0 fully saturated rings. The standard InChI is InChI=1S/C37H34NO3P.C32H12BF24.C8H12.Ir/c1-29-35(38-36(40-29)32-21-11-4-12-22-32)37(27-30-17-7-2-8-18-30,28-31-19-9-3-10-20-31)41-42(39,33-23-13-5-14-24-33)34-25-15-6-16-26-34;34-25(35,36)13-1-14(26(37,38)39)6-21(5-13)33(22-7-15(27(40,41)42)2-16(8-22)28(43,44)45,23-9-17(29(46,47)48)3-18(10-23)30(49,50)51)24-11-19(31(52,53)54)4-20(12-24)32(55,56)57;1-2-4-6-8-7-5-3-1;/h2-26,29,35H,27-28H2,1H3;1-12H;1-2,7-8H,3-6H2;/q;-1;;/b;;2-1-,8-7-;/t29-,35-;;;/m1.../s1. The van der Waals surface area contributed by atoms with Crippen LogP contribution in [0, 0.1) is 0 Å². The smallest absolute Gasteiger partial charge is 0.416 e. The third kappa shape index (κ3) is 20.5. The van der Waals surface area contributed by atoms with Crippen LogP contribution in [0.3, 0.4) is 0 Å². The van der Waals surface area contributed by atoms with Crippen molar-refractivity contribution < 1.29 is 139 Å². The van der Waals surface area contributed by atoms with Gasteiger partial charge in [0.25, 0.3) is 7.37 Å². The molecule has 11 rings (SSSR count). The summed E-state index contributed by atoms with van der Waals surface area (Å²) in [6.45, 7) is 2.04. The first kappa shape index (κ1) is 84.8. The molecule has 0 unspecified atom stereocenters. The Labute approximate surface area is 616 Å². The molecule has 1 radical (unpaired) electrons. The fourth-order valence-electron chi connectivity index (χ4n) is 12.7. The van der Waals surface area contributed by atoms with Gasteiger partial charge in [0, 0.05) is 49.1 Å². The maximum absolute atomic E-state index is 15.5. The minimum atomic E-state index is -6.13. The summed E-state index contributed by atoms with van der Waals surface area (Å²) < 4.78 is 370. The Bertz CT molecular complexity index is 4110. The maximum Gasteiger partial charge on any atom is 0.416 e. The van der Waals surface area contributed by atoms with E-state index in [2.05, 4.69) is 48.6 Å². The van der Waals surface area contributed by atoms with Crippen molar-refractivity contribution in [2.75, 3.05) is 0 Å². The van der Waals surface area contributed by atoms with Gasteiger partial charge in [0.2, 0.25) is 5.90 Å². The van der Waals surface area contributed by atoms with Crippen LogP contribution in [0.2, 0.25) is 0 Å². The Morgan fingerprint density at radius 2 is 0.593 bits per heavy atom. The molecule has 1 aliphatic heterocycles. The van der Waals surface area contributed by atoms with Gasteiger partial charge in [-0.15, -0.1) is 0 Å². The van der Waals surface area contributed by atoms with Crippen LogP contribution < -0.4 is 32.5 Å². The Hall–Kier alpha value is -8.85. The Morgan fingerprint density at radius 1 is 0.361 bits per heavy atom. The molecule has 9 aromatic carbocycles. The predicted octanol–water partition coefficient (Wildman–Crippen LogP) is 21.3. The maximum atomic E-state index is 15.5. The van der Waals surface area contributed by atoms with Crippen LogP contribution in [0.1, 0.15) is 93.8 Å². The van der Waals surface area contributed by atoms with E-state index < -0.39 is 214 Å². The van der Waals surface area contributed by atoms with Gasteiger partial charge in [-0.2, -0.15) is 127 Å². The van der Waals surface area contributed by atoms with E-state index in [0.717, 1.165) is 16.7 Å². The molecule has 9 aromatic rings. The van der Waals surface area contributed by atoms with Gasteiger partial charge >= 0.3 is 49.4 Å². The summed E-state index contributed by atoms with van der Waals surface area (Å²) in [4.78, 5) is 5.22. The van der Waals surface area contributed by atoms with E-state index in [1.165, 1.54) is 25.7 Å². The number of alkyl halides is 24. The average molecular weight is 1740 g/mol. The second-order valence-corrected chi connectivity index (χ2v) is 27.4. The van der Waals surface area contributed by atoms with Crippen LogP contribution in [0.4, 0.5) is 105 Å². The summed E-state index contributed by atoms with van der Waals surface area (Å²) in [5.41, 5.74) is -28.1. The molecule has 1 heterocycles. The van der Waals surface area contributed by atoms with Gasteiger partial charge in [-0.3, -0.25) is 4.57 Å². The van der Waals surface area contributed by atoms with Crippen LogP contribution in [0.5, 0.6) is 0 Å². The first-order valence-corrected chi connectivity index (χ1v) is 33.9. The molecule has 2 atom stereocenters. The summed E-state index contributed by atoms with van der Waals surface area (Å²) in [6, 6.07) is 40.4. The fourth-order valence-corrected chi connectivity index (χ4v) is 15.1. The number of aliphatic imine (C=N–C) groups is 1. The molecule has 4 nitrogen and oxygen atoms in total. The SMILES string of the molecule is C1=C\CC/C=C\CC/1.C[C@H]1OC(c2ccccc2)=N[C@H]1C(Cc1ccccc1)(Cc1ccccc1)OP(=O)(c1ccccc1)c1ccccc1.FC(F)(F)c1cc([B-](c2cc(C(F)(F)F)cc(C(F)(F)F)c2)(c2cc(C(F)(F)F)cc(C(F)(F)F)c2)c2cc(C(F)(F)F)cc(C(F)(F)F)c2)cc(C(F)(F)F)c1.[Ir]. The molecule has 0 aromatic heterocycles. The summed E-state index contributed by atoms with van der Waals surface area (Å²) in [7, 11) is -3.62. The molecule has 31 heteroatoms. The number of halogens is 24. The number of allylic oxidation sites excluding steroid dienone is 4. The predicted molar refractivity (Wildman–Crippen MR) is 358 cm³/mol. The van der Waals surface area contributed by atoms with Gasteiger partial charge < -0.3 is 9.26 Å². The van der Waals surface area contributed by atoms with Crippen molar-refractivity contribution in [1.82, 2.24) is 0 Å². The van der Waals surface area contributed by atoms with E-state index in [-0.39, 0.29) is 26.2 Å². The molecule has 1 aliphatic carbocycles. The molecule has 2 aliphatic rings. The molecule has 0 bridgehead atoms. The zero-order chi connectivity index (χ0) is 78.4. The first-order chi connectivity index (χ1) is 49.8. The van der Waals surface area contributed by atoms with E-state index in [1.54, 1.807) is 0 Å². The zero-order valence-electron chi connectivity index (χ0n) is 55.7. The molecule has 0 amide bonds. The number of nitrogens with zero attached hydrogens (tertiary/aromatic N) is 1. The van der Waals surface area contributed by atoms with Crippen LogP contribution in [0.15, 0.2) is 254 Å². The third-order valence-electron chi connectivity index (χ3n) is 17.5. The van der Waals surface area contributed by atoms with Crippen molar-refractivity contribution in [3.8, 4) is 0 Å². The van der Waals surface area contributed by atoms with Crippen LogP contribution >= 0.6 is 7.37 Å². The number of ether oxygens (including phenoxy) is 1. The van der Waals surface area contributed by atoms with Gasteiger partial charge in [0.1, 0.15) is 23.9 Å². The largest absolute Gasteiger partial charge is 0.472 e.